The first kappa shape index (κ1) is 13.8. The molecule has 19 heavy (non-hydrogen) atoms. The lowest BCUT2D eigenvalue weighted by Gasteiger charge is -2.23. The predicted molar refractivity (Wildman–Crippen MR) is 71.6 cm³/mol. The smallest absolute Gasteiger partial charge is 0.315 e. The number of urea groups is 1. The van der Waals surface area contributed by atoms with Gasteiger partial charge in [0.05, 0.1) is 13.2 Å². The van der Waals surface area contributed by atoms with E-state index in [2.05, 4.69) is 10.6 Å². The lowest BCUT2D eigenvalue weighted by Crippen LogP contribution is -2.37. The molecule has 2 N–H and O–H groups in total. The molecule has 0 radical (unpaired) electrons. The van der Waals surface area contributed by atoms with Crippen LogP contribution >= 0.6 is 0 Å². The van der Waals surface area contributed by atoms with Crippen molar-refractivity contribution in [2.24, 2.45) is 0 Å². The number of benzene rings is 1. The molecule has 0 atom stereocenters. The molecular weight excluding hydrogens is 244 g/mol. The van der Waals surface area contributed by atoms with E-state index in [-0.39, 0.29) is 12.3 Å². The van der Waals surface area contributed by atoms with Crippen LogP contribution in [0.2, 0.25) is 0 Å². The number of hydrogen-bond donors (Lipinski definition) is 2. The molecule has 1 aliphatic rings. The Morgan fingerprint density at radius 2 is 1.89 bits per heavy atom. The van der Waals surface area contributed by atoms with E-state index in [1.165, 1.54) is 0 Å². The lowest BCUT2D eigenvalue weighted by atomic mass is 10.2. The average Bonchev–Trinajstić information content (AvgIpc) is 2.47. The fraction of sp³-hybridized carbons (Fsp3) is 0.500. The van der Waals surface area contributed by atoms with E-state index in [9.17, 15) is 4.79 Å². The second-order valence-corrected chi connectivity index (χ2v) is 4.41. The number of hydrogen-bond acceptors (Lipinski definition) is 3. The van der Waals surface area contributed by atoms with Crippen molar-refractivity contribution >= 4 is 6.03 Å². The van der Waals surface area contributed by atoms with Gasteiger partial charge in [-0.15, -0.1) is 0 Å². The molecule has 0 unspecified atom stereocenters. The molecule has 1 heterocycles. The first-order valence-electron chi connectivity index (χ1n) is 6.63. The highest BCUT2D eigenvalue weighted by Crippen LogP contribution is 2.07. The van der Waals surface area contributed by atoms with Crippen molar-refractivity contribution in [2.45, 2.75) is 25.7 Å². The molecule has 0 aromatic heterocycles. The average molecular weight is 264 g/mol. The Bertz CT molecular complexity index is 378. The summed E-state index contributed by atoms with van der Waals surface area (Å²) in [7, 11) is 0. The molecule has 5 nitrogen and oxygen atoms in total. The Balaban J connectivity index is 1.57. The quantitative estimate of drug-likeness (QED) is 0.850. The van der Waals surface area contributed by atoms with E-state index in [1.54, 1.807) is 0 Å². The van der Waals surface area contributed by atoms with Gasteiger partial charge >= 0.3 is 6.03 Å². The Labute approximate surface area is 113 Å². The minimum atomic E-state index is -0.178. The van der Waals surface area contributed by atoms with E-state index in [1.807, 2.05) is 30.3 Å². The summed E-state index contributed by atoms with van der Waals surface area (Å²) in [6.45, 7) is 2.56. The van der Waals surface area contributed by atoms with Crippen LogP contribution in [0.15, 0.2) is 30.3 Å². The second-order valence-electron chi connectivity index (χ2n) is 4.41. The third kappa shape index (κ3) is 5.28. The highest BCUT2D eigenvalue weighted by atomic mass is 16.7. The van der Waals surface area contributed by atoms with Crippen LogP contribution < -0.4 is 10.6 Å². The van der Waals surface area contributed by atoms with Gasteiger partial charge in [0.25, 0.3) is 0 Å². The van der Waals surface area contributed by atoms with Gasteiger partial charge in [0, 0.05) is 19.5 Å². The Morgan fingerprint density at radius 3 is 2.63 bits per heavy atom. The van der Waals surface area contributed by atoms with Crippen LogP contribution in [-0.4, -0.2) is 32.1 Å². The molecule has 1 aromatic carbocycles. The number of nitrogens with one attached hydrogen (secondary N) is 2. The van der Waals surface area contributed by atoms with Crippen LogP contribution in [0.25, 0.3) is 0 Å². The molecule has 2 rings (SSSR count). The van der Waals surface area contributed by atoms with E-state index in [4.69, 9.17) is 9.47 Å². The van der Waals surface area contributed by atoms with Crippen molar-refractivity contribution in [3.05, 3.63) is 35.9 Å². The molecule has 1 aliphatic heterocycles. The molecule has 0 bridgehead atoms. The van der Waals surface area contributed by atoms with Crippen molar-refractivity contribution in [1.82, 2.24) is 10.6 Å². The zero-order valence-electron chi connectivity index (χ0n) is 10.9. The Kier molecular flexibility index (Phi) is 5.65. The zero-order chi connectivity index (χ0) is 13.3. The summed E-state index contributed by atoms with van der Waals surface area (Å²) in [4.78, 5) is 11.6. The van der Waals surface area contributed by atoms with Crippen LogP contribution in [-0.2, 0) is 16.0 Å². The van der Waals surface area contributed by atoms with Crippen LogP contribution in [0.5, 0.6) is 0 Å². The van der Waals surface area contributed by atoms with Gasteiger partial charge < -0.3 is 20.1 Å². The van der Waals surface area contributed by atoms with Crippen molar-refractivity contribution in [1.29, 1.82) is 0 Å². The van der Waals surface area contributed by atoms with E-state index >= 15 is 0 Å². The van der Waals surface area contributed by atoms with Crippen LogP contribution in [0, 0.1) is 0 Å². The third-order valence-electron chi connectivity index (χ3n) is 2.86. The highest BCUT2D eigenvalue weighted by molar-refractivity contribution is 5.73. The van der Waals surface area contributed by atoms with Crippen LogP contribution in [0.3, 0.4) is 0 Å². The largest absolute Gasteiger partial charge is 0.353 e. The standard InChI is InChI=1S/C14H20N2O3/c17-14(16-11-12-5-2-1-3-6-12)15-8-7-13-18-9-4-10-19-13/h1-3,5-6,13H,4,7-11H2,(H2,15,16,17). The Hall–Kier alpha value is -1.59. The second kappa shape index (κ2) is 7.76. The number of carbonyl (C=O) groups is 1. The molecule has 0 spiro atoms. The van der Waals surface area contributed by atoms with E-state index in [0.717, 1.165) is 25.2 Å². The van der Waals surface area contributed by atoms with Crippen molar-refractivity contribution in [3.8, 4) is 0 Å². The normalized spacial score (nSPS) is 16.0. The van der Waals surface area contributed by atoms with Crippen molar-refractivity contribution < 1.29 is 14.3 Å². The van der Waals surface area contributed by atoms with Crippen LogP contribution in [0.4, 0.5) is 4.79 Å². The van der Waals surface area contributed by atoms with E-state index in [0.29, 0.717) is 19.5 Å². The van der Waals surface area contributed by atoms with Gasteiger partial charge in [-0.1, -0.05) is 30.3 Å². The summed E-state index contributed by atoms with van der Waals surface area (Å²) >= 11 is 0. The SMILES string of the molecule is O=C(NCCC1OCCCO1)NCc1ccccc1. The lowest BCUT2D eigenvalue weighted by molar-refractivity contribution is -0.180. The Morgan fingerprint density at radius 1 is 1.16 bits per heavy atom. The van der Waals surface area contributed by atoms with Gasteiger partial charge in [-0.2, -0.15) is 0 Å². The van der Waals surface area contributed by atoms with Gasteiger partial charge in [-0.25, -0.2) is 4.79 Å². The number of amides is 2. The molecule has 1 saturated heterocycles. The molecule has 0 aliphatic carbocycles. The topological polar surface area (TPSA) is 59.6 Å². The van der Waals surface area contributed by atoms with Crippen LogP contribution in [0.1, 0.15) is 18.4 Å². The molecule has 1 aromatic rings. The molecular formula is C14H20N2O3. The summed E-state index contributed by atoms with van der Waals surface area (Å²) in [6, 6.07) is 9.64. The van der Waals surface area contributed by atoms with Gasteiger partial charge in [0.2, 0.25) is 0 Å². The summed E-state index contributed by atoms with van der Waals surface area (Å²) in [6.07, 6.45) is 1.45. The van der Waals surface area contributed by atoms with Crippen molar-refractivity contribution in [2.75, 3.05) is 19.8 Å². The van der Waals surface area contributed by atoms with E-state index < -0.39 is 0 Å². The summed E-state index contributed by atoms with van der Waals surface area (Å²) < 4.78 is 10.8. The maximum Gasteiger partial charge on any atom is 0.315 e. The fourth-order valence-electron chi connectivity index (χ4n) is 1.85. The molecule has 5 heteroatoms. The summed E-state index contributed by atoms with van der Waals surface area (Å²) in [5, 5.41) is 5.60. The molecule has 0 saturated carbocycles. The minimum absolute atomic E-state index is 0.167. The molecule has 104 valence electrons. The highest BCUT2D eigenvalue weighted by Gasteiger charge is 2.13. The summed E-state index contributed by atoms with van der Waals surface area (Å²) in [5.41, 5.74) is 1.08. The maximum absolute atomic E-state index is 11.6. The van der Waals surface area contributed by atoms with Gasteiger partial charge in [0.15, 0.2) is 6.29 Å². The molecule has 1 fully saturated rings. The predicted octanol–water partition coefficient (Wildman–Crippen LogP) is 1.64. The minimum Gasteiger partial charge on any atom is -0.353 e. The number of ether oxygens (including phenoxy) is 2. The maximum atomic E-state index is 11.6. The third-order valence-corrected chi connectivity index (χ3v) is 2.86. The van der Waals surface area contributed by atoms with Gasteiger partial charge in [-0.3, -0.25) is 0 Å². The fourth-order valence-corrected chi connectivity index (χ4v) is 1.85. The number of rotatable bonds is 5. The zero-order valence-corrected chi connectivity index (χ0v) is 10.9. The van der Waals surface area contributed by atoms with Gasteiger partial charge in [-0.05, 0) is 12.0 Å². The van der Waals surface area contributed by atoms with Crippen molar-refractivity contribution in [3.63, 3.8) is 0 Å². The number of carbonyl (C=O) groups excluding carboxylic acids is 1. The summed E-state index contributed by atoms with van der Waals surface area (Å²) in [5.74, 6) is 0. The first-order valence-corrected chi connectivity index (χ1v) is 6.63. The first-order chi connectivity index (χ1) is 9.34. The van der Waals surface area contributed by atoms with Gasteiger partial charge in [0.1, 0.15) is 0 Å². The monoisotopic (exact) mass is 264 g/mol. The molecule has 2 amide bonds.